The average Bonchev–Trinajstić information content (AvgIpc) is 2.88. The molecule has 1 aromatic carbocycles. The van der Waals surface area contributed by atoms with E-state index in [1.54, 1.807) is 0 Å². The van der Waals surface area contributed by atoms with Gasteiger partial charge in [0.15, 0.2) is 5.54 Å². The molecule has 0 spiro atoms. The highest BCUT2D eigenvalue weighted by atomic mass is 32.2. The summed E-state index contributed by atoms with van der Waals surface area (Å²) in [5.74, 6) is -1.98. The first kappa shape index (κ1) is 15.4. The molecular formula is C12H14N2O6S. The number of carboxylic acid groups (broad SMARTS) is 1. The van der Waals surface area contributed by atoms with Gasteiger partial charge in [-0.3, -0.25) is 9.59 Å². The van der Waals surface area contributed by atoms with Gasteiger partial charge in [0, 0.05) is 18.6 Å². The van der Waals surface area contributed by atoms with Crippen LogP contribution in [0, 0.1) is 0 Å². The number of nitrogens with two attached hydrogens (primary N) is 1. The molecule has 0 bridgehead atoms. The van der Waals surface area contributed by atoms with Crippen molar-refractivity contribution in [3.63, 3.8) is 0 Å². The van der Waals surface area contributed by atoms with Crippen LogP contribution in [0.25, 0.3) is 0 Å². The molecule has 9 heteroatoms. The third-order valence-corrected chi connectivity index (χ3v) is 4.76. The standard InChI is InChI=1S/C12H14N2O6S/c13-10(15)8-1-3-9(4-2-8)21(18,19)14-12(11(16)17)5-6-20-7-12/h1-4,14H,5-7H2,(H2,13,15)(H,16,17). The molecule has 1 aliphatic heterocycles. The van der Waals surface area contributed by atoms with E-state index in [-0.39, 0.29) is 30.1 Å². The molecule has 0 saturated carbocycles. The highest BCUT2D eigenvalue weighted by Gasteiger charge is 2.46. The van der Waals surface area contributed by atoms with Crippen molar-refractivity contribution in [3.05, 3.63) is 29.8 Å². The van der Waals surface area contributed by atoms with E-state index in [4.69, 9.17) is 10.5 Å². The predicted molar refractivity (Wildman–Crippen MR) is 71.1 cm³/mol. The molecule has 0 radical (unpaired) electrons. The van der Waals surface area contributed by atoms with Crippen molar-refractivity contribution in [3.8, 4) is 0 Å². The Balaban J connectivity index is 2.29. The number of hydrogen-bond acceptors (Lipinski definition) is 5. The largest absolute Gasteiger partial charge is 0.480 e. The van der Waals surface area contributed by atoms with Crippen LogP contribution in [0.1, 0.15) is 16.8 Å². The zero-order valence-corrected chi connectivity index (χ0v) is 11.7. The number of sulfonamides is 1. The van der Waals surface area contributed by atoms with Gasteiger partial charge >= 0.3 is 5.97 Å². The first-order valence-corrected chi connectivity index (χ1v) is 7.50. The van der Waals surface area contributed by atoms with E-state index in [9.17, 15) is 23.1 Å². The lowest BCUT2D eigenvalue weighted by atomic mass is 10.0. The quantitative estimate of drug-likeness (QED) is 0.658. The number of benzene rings is 1. The normalized spacial score (nSPS) is 22.1. The highest BCUT2D eigenvalue weighted by Crippen LogP contribution is 2.22. The molecule has 1 heterocycles. The SMILES string of the molecule is NC(=O)c1ccc(S(=O)(=O)NC2(C(=O)O)CCOC2)cc1. The van der Waals surface area contributed by atoms with E-state index in [1.807, 2.05) is 0 Å². The van der Waals surface area contributed by atoms with E-state index in [0.29, 0.717) is 0 Å². The van der Waals surface area contributed by atoms with Crippen LogP contribution < -0.4 is 10.5 Å². The Morgan fingerprint density at radius 1 is 1.29 bits per heavy atom. The van der Waals surface area contributed by atoms with Gasteiger partial charge in [0.1, 0.15) is 0 Å². The number of hydrogen-bond donors (Lipinski definition) is 3. The van der Waals surface area contributed by atoms with Crippen LogP contribution in [-0.2, 0) is 19.6 Å². The second-order valence-corrected chi connectivity index (χ2v) is 6.37. The lowest BCUT2D eigenvalue weighted by Gasteiger charge is -2.23. The summed E-state index contributed by atoms with van der Waals surface area (Å²) in [5.41, 5.74) is 3.56. The van der Waals surface area contributed by atoms with Crippen molar-refractivity contribution in [1.82, 2.24) is 4.72 Å². The number of primary amides is 1. The van der Waals surface area contributed by atoms with Gasteiger partial charge in [-0.15, -0.1) is 0 Å². The van der Waals surface area contributed by atoms with Gasteiger partial charge in [-0.05, 0) is 24.3 Å². The maximum absolute atomic E-state index is 12.2. The minimum absolute atomic E-state index is 0.0426. The van der Waals surface area contributed by atoms with Gasteiger partial charge < -0.3 is 15.6 Å². The molecule has 1 unspecified atom stereocenters. The molecule has 114 valence electrons. The Morgan fingerprint density at radius 3 is 2.33 bits per heavy atom. The van der Waals surface area contributed by atoms with Crippen molar-refractivity contribution in [2.45, 2.75) is 16.9 Å². The summed E-state index contributed by atoms with van der Waals surface area (Å²) in [7, 11) is -4.05. The highest BCUT2D eigenvalue weighted by molar-refractivity contribution is 7.89. The molecule has 8 nitrogen and oxygen atoms in total. The molecule has 21 heavy (non-hydrogen) atoms. The van der Waals surface area contributed by atoms with Gasteiger partial charge in [0.2, 0.25) is 15.9 Å². The van der Waals surface area contributed by atoms with Crippen LogP contribution in [0.5, 0.6) is 0 Å². The Hall–Kier alpha value is -1.97. The maximum atomic E-state index is 12.2. The molecule has 1 aromatic rings. The van der Waals surface area contributed by atoms with Crippen molar-refractivity contribution in [1.29, 1.82) is 0 Å². The number of nitrogens with one attached hydrogen (secondary N) is 1. The molecule has 1 fully saturated rings. The van der Waals surface area contributed by atoms with Crippen LogP contribution in [0.2, 0.25) is 0 Å². The monoisotopic (exact) mass is 314 g/mol. The summed E-state index contributed by atoms with van der Waals surface area (Å²) >= 11 is 0. The number of carbonyl (C=O) groups excluding carboxylic acids is 1. The van der Waals surface area contributed by atoms with Crippen LogP contribution in [0.15, 0.2) is 29.2 Å². The van der Waals surface area contributed by atoms with Crippen molar-refractivity contribution < 1.29 is 27.9 Å². The summed E-state index contributed by atoms with van der Waals surface area (Å²) in [6, 6.07) is 4.90. The van der Waals surface area contributed by atoms with Gasteiger partial charge in [-0.2, -0.15) is 4.72 Å². The van der Waals surface area contributed by atoms with E-state index < -0.39 is 27.4 Å². The minimum Gasteiger partial charge on any atom is -0.480 e. The third kappa shape index (κ3) is 3.04. The summed E-state index contributed by atoms with van der Waals surface area (Å²) in [5, 5.41) is 9.22. The van der Waals surface area contributed by atoms with E-state index in [2.05, 4.69) is 4.72 Å². The van der Waals surface area contributed by atoms with E-state index in [1.165, 1.54) is 24.3 Å². The maximum Gasteiger partial charge on any atom is 0.327 e. The van der Waals surface area contributed by atoms with Crippen LogP contribution in [0.3, 0.4) is 0 Å². The molecule has 0 aliphatic carbocycles. The number of ether oxygens (including phenoxy) is 1. The number of rotatable bonds is 5. The zero-order chi connectivity index (χ0) is 15.7. The fourth-order valence-electron chi connectivity index (χ4n) is 1.97. The lowest BCUT2D eigenvalue weighted by Crippen LogP contribution is -2.54. The van der Waals surface area contributed by atoms with Crippen molar-refractivity contribution in [2.75, 3.05) is 13.2 Å². The summed E-state index contributed by atoms with van der Waals surface area (Å²) in [6.07, 6.45) is 0.0426. The fraction of sp³-hybridized carbons (Fsp3) is 0.333. The molecule has 4 N–H and O–H groups in total. The van der Waals surface area contributed by atoms with Gasteiger partial charge in [0.05, 0.1) is 11.5 Å². The third-order valence-electron chi connectivity index (χ3n) is 3.21. The lowest BCUT2D eigenvalue weighted by molar-refractivity contribution is -0.144. The molecule has 2 rings (SSSR count). The molecule has 1 saturated heterocycles. The Morgan fingerprint density at radius 2 is 1.90 bits per heavy atom. The summed E-state index contributed by atoms with van der Waals surface area (Å²) in [6.45, 7) is -0.0730. The molecule has 0 aromatic heterocycles. The Kier molecular flexibility index (Phi) is 3.99. The smallest absolute Gasteiger partial charge is 0.327 e. The minimum atomic E-state index is -4.05. The predicted octanol–water partition coefficient (Wildman–Crippen LogP) is -0.692. The first-order valence-electron chi connectivity index (χ1n) is 6.02. The summed E-state index contributed by atoms with van der Waals surface area (Å²) in [4.78, 5) is 22.1. The topological polar surface area (TPSA) is 136 Å². The zero-order valence-electron chi connectivity index (χ0n) is 10.9. The second kappa shape index (κ2) is 5.43. The summed E-state index contributed by atoms with van der Waals surface area (Å²) < 4.78 is 31.6. The molecule has 1 amide bonds. The van der Waals surface area contributed by atoms with E-state index >= 15 is 0 Å². The van der Waals surface area contributed by atoms with Crippen molar-refractivity contribution >= 4 is 21.9 Å². The Labute approximate surface area is 120 Å². The van der Waals surface area contributed by atoms with Gasteiger partial charge in [-0.1, -0.05) is 0 Å². The number of amides is 1. The Bertz CT molecular complexity index is 661. The van der Waals surface area contributed by atoms with Crippen LogP contribution in [0.4, 0.5) is 0 Å². The van der Waals surface area contributed by atoms with E-state index in [0.717, 1.165) is 0 Å². The molecular weight excluding hydrogens is 300 g/mol. The fourth-order valence-corrected chi connectivity index (χ4v) is 3.35. The van der Waals surface area contributed by atoms with Crippen molar-refractivity contribution in [2.24, 2.45) is 5.73 Å². The van der Waals surface area contributed by atoms with Crippen LogP contribution in [-0.4, -0.2) is 44.2 Å². The molecule has 1 aliphatic rings. The van der Waals surface area contributed by atoms with Crippen LogP contribution >= 0.6 is 0 Å². The number of aliphatic carboxylic acids is 1. The molecule has 1 atom stereocenters. The first-order chi connectivity index (χ1) is 9.77. The van der Waals surface area contributed by atoms with Gasteiger partial charge in [-0.25, -0.2) is 8.42 Å². The second-order valence-electron chi connectivity index (χ2n) is 4.68. The average molecular weight is 314 g/mol. The number of carbonyl (C=O) groups is 2. The number of carboxylic acids is 1. The van der Waals surface area contributed by atoms with Gasteiger partial charge in [0.25, 0.3) is 0 Å².